The Morgan fingerprint density at radius 2 is 1.78 bits per heavy atom. The molecular formula is C26H35LiN2O5S2. The van der Waals surface area contributed by atoms with Crippen LogP contribution in [0.25, 0.3) is 11.1 Å². The van der Waals surface area contributed by atoms with Crippen molar-refractivity contribution in [1.82, 2.24) is 10.0 Å². The number of carboxylic acid groups (broad SMARTS) is 1. The van der Waals surface area contributed by atoms with Crippen LogP contribution in [0.4, 0.5) is 0 Å². The van der Waals surface area contributed by atoms with Crippen LogP contribution in [0.2, 0.25) is 0 Å². The molecule has 0 bridgehead atoms. The van der Waals surface area contributed by atoms with Crippen molar-refractivity contribution in [3.8, 4) is 11.1 Å². The minimum absolute atomic E-state index is 0. The van der Waals surface area contributed by atoms with Crippen molar-refractivity contribution in [1.29, 1.82) is 0 Å². The van der Waals surface area contributed by atoms with Crippen molar-refractivity contribution < 1.29 is 23.1 Å². The summed E-state index contributed by atoms with van der Waals surface area (Å²) in [6.45, 7) is 0.381. The van der Waals surface area contributed by atoms with Gasteiger partial charge in [0.2, 0.25) is 10.0 Å². The molecule has 0 spiro atoms. The molecule has 1 atom stereocenters. The van der Waals surface area contributed by atoms with Gasteiger partial charge in [-0.25, -0.2) is 17.9 Å². The number of carbonyl (C=O) groups excluding carboxylic acids is 1. The summed E-state index contributed by atoms with van der Waals surface area (Å²) in [7, 11) is -3.76. The first-order valence-corrected chi connectivity index (χ1v) is 14.9. The molecular weight excluding hydrogens is 491 g/mol. The molecule has 2 aromatic carbocycles. The number of thioether (sulfide) groups is 1. The van der Waals surface area contributed by atoms with Gasteiger partial charge >= 0.3 is 24.8 Å². The SMILES string of the molecule is CSCC[C@H](NC(=O)c1ccc(S(=O)(=O)NCCC2CCCCC2)cc1-c1ccccc1)C(=O)O.[LiH]. The van der Waals surface area contributed by atoms with E-state index < -0.39 is 27.9 Å². The topological polar surface area (TPSA) is 113 Å². The number of hydrogen-bond acceptors (Lipinski definition) is 5. The van der Waals surface area contributed by atoms with E-state index in [0.29, 0.717) is 35.8 Å². The van der Waals surface area contributed by atoms with Crippen molar-refractivity contribution in [2.24, 2.45) is 5.92 Å². The molecule has 0 unspecified atom stereocenters. The second kappa shape index (κ2) is 14.8. The predicted octanol–water partition coefficient (Wildman–Crippen LogP) is 3.89. The Hall–Kier alpha value is -1.76. The third-order valence-electron chi connectivity index (χ3n) is 6.41. The Balaban J connectivity index is 0.00000456. The van der Waals surface area contributed by atoms with Crippen LogP contribution in [0.3, 0.4) is 0 Å². The molecule has 0 aliphatic heterocycles. The van der Waals surface area contributed by atoms with Gasteiger partial charge in [-0.2, -0.15) is 11.8 Å². The molecule has 3 N–H and O–H groups in total. The van der Waals surface area contributed by atoms with Gasteiger partial charge in [0.15, 0.2) is 0 Å². The molecule has 1 fully saturated rings. The molecule has 10 heteroatoms. The van der Waals surface area contributed by atoms with Crippen LogP contribution in [-0.4, -0.2) is 68.9 Å². The monoisotopic (exact) mass is 526 g/mol. The molecule has 2 aromatic rings. The fraction of sp³-hybridized carbons (Fsp3) is 0.462. The van der Waals surface area contributed by atoms with E-state index in [-0.39, 0.29) is 29.3 Å². The van der Waals surface area contributed by atoms with Gasteiger partial charge in [-0.3, -0.25) is 4.79 Å². The Labute approximate surface area is 230 Å². The summed E-state index contributed by atoms with van der Waals surface area (Å²) in [5, 5.41) is 12.1. The first kappa shape index (κ1) is 30.5. The van der Waals surface area contributed by atoms with Crippen molar-refractivity contribution in [3.05, 3.63) is 54.1 Å². The summed E-state index contributed by atoms with van der Waals surface area (Å²) >= 11 is 1.50. The van der Waals surface area contributed by atoms with Crippen molar-refractivity contribution >= 4 is 52.5 Å². The molecule has 0 saturated heterocycles. The summed E-state index contributed by atoms with van der Waals surface area (Å²) in [5.74, 6) is -0.501. The van der Waals surface area contributed by atoms with Crippen LogP contribution in [0.1, 0.15) is 55.3 Å². The average molecular weight is 527 g/mol. The molecule has 1 aliphatic rings. The summed E-state index contributed by atoms with van der Waals surface area (Å²) < 4.78 is 28.8. The molecule has 7 nitrogen and oxygen atoms in total. The summed E-state index contributed by atoms with van der Waals surface area (Å²) in [6, 6.07) is 12.4. The number of amides is 1. The van der Waals surface area contributed by atoms with Crippen LogP contribution < -0.4 is 10.0 Å². The van der Waals surface area contributed by atoms with Gasteiger partial charge in [0.1, 0.15) is 6.04 Å². The number of sulfonamides is 1. The fourth-order valence-electron chi connectivity index (χ4n) is 4.43. The molecule has 1 amide bonds. The van der Waals surface area contributed by atoms with Crippen LogP contribution in [0.15, 0.2) is 53.4 Å². The minimum atomic E-state index is -3.76. The molecule has 0 aromatic heterocycles. The molecule has 192 valence electrons. The Kier molecular flexibility index (Phi) is 12.6. The van der Waals surface area contributed by atoms with Gasteiger partial charge in [-0.05, 0) is 60.1 Å². The molecule has 1 aliphatic carbocycles. The van der Waals surface area contributed by atoms with Gasteiger partial charge in [0.05, 0.1) is 4.90 Å². The number of hydrogen-bond donors (Lipinski definition) is 3. The maximum atomic E-state index is 13.1. The van der Waals surface area contributed by atoms with E-state index in [1.54, 1.807) is 24.3 Å². The van der Waals surface area contributed by atoms with Crippen LogP contribution in [-0.2, 0) is 14.8 Å². The van der Waals surface area contributed by atoms with Crippen LogP contribution >= 0.6 is 11.8 Å². The third kappa shape index (κ3) is 8.67. The Morgan fingerprint density at radius 1 is 1.08 bits per heavy atom. The zero-order chi connectivity index (χ0) is 25.3. The summed E-state index contributed by atoms with van der Waals surface area (Å²) in [5.41, 5.74) is 1.34. The molecule has 1 saturated carbocycles. The number of carboxylic acids is 1. The zero-order valence-corrected chi connectivity index (χ0v) is 21.7. The number of carbonyl (C=O) groups is 2. The van der Waals surface area contributed by atoms with E-state index in [2.05, 4.69) is 10.0 Å². The van der Waals surface area contributed by atoms with E-state index >= 15 is 0 Å². The standard InChI is InChI=1S/C26H34N2O5S2.Li.H/c1-34-17-15-24(26(30)31)28-25(29)22-13-12-21(18-23(22)20-10-6-3-7-11-20)35(32,33)27-16-14-19-8-4-2-5-9-19;;/h3,6-7,10-13,18-19,24,27H,2,4-5,8-9,14-17H2,1H3,(H,28,29)(H,30,31);;/t24-;;/m0../s1. The molecule has 3 rings (SSSR count). The van der Waals surface area contributed by atoms with E-state index in [1.165, 1.54) is 49.2 Å². The van der Waals surface area contributed by atoms with Gasteiger partial charge in [0, 0.05) is 12.1 Å². The van der Waals surface area contributed by atoms with Crippen LogP contribution in [0, 0.1) is 5.92 Å². The second-order valence-electron chi connectivity index (χ2n) is 8.91. The molecule has 0 radical (unpaired) electrons. The van der Waals surface area contributed by atoms with E-state index in [9.17, 15) is 23.1 Å². The average Bonchev–Trinajstić information content (AvgIpc) is 2.87. The summed E-state index contributed by atoms with van der Waals surface area (Å²) in [4.78, 5) is 24.8. The fourth-order valence-corrected chi connectivity index (χ4v) is 5.98. The first-order valence-electron chi connectivity index (χ1n) is 12.0. The first-order chi connectivity index (χ1) is 16.8. The maximum absolute atomic E-state index is 13.1. The number of nitrogens with one attached hydrogen (secondary N) is 2. The molecule has 0 heterocycles. The predicted molar refractivity (Wildman–Crippen MR) is 147 cm³/mol. The second-order valence-corrected chi connectivity index (χ2v) is 11.7. The van der Waals surface area contributed by atoms with Crippen molar-refractivity contribution in [2.75, 3.05) is 18.6 Å². The third-order valence-corrected chi connectivity index (χ3v) is 8.52. The number of rotatable bonds is 12. The zero-order valence-electron chi connectivity index (χ0n) is 20.0. The quantitative estimate of drug-likeness (QED) is 0.362. The van der Waals surface area contributed by atoms with Crippen molar-refractivity contribution in [3.63, 3.8) is 0 Å². The number of benzene rings is 2. The van der Waals surface area contributed by atoms with Gasteiger partial charge in [0.25, 0.3) is 5.91 Å². The Morgan fingerprint density at radius 3 is 2.42 bits per heavy atom. The number of aliphatic carboxylic acids is 1. The van der Waals surface area contributed by atoms with E-state index in [0.717, 1.165) is 19.3 Å². The normalized spacial score (nSPS) is 15.0. The summed E-state index contributed by atoms with van der Waals surface area (Å²) in [6.07, 6.45) is 8.96. The van der Waals surface area contributed by atoms with Gasteiger partial charge in [-0.15, -0.1) is 0 Å². The van der Waals surface area contributed by atoms with Gasteiger partial charge in [-0.1, -0.05) is 62.4 Å². The Bertz CT molecular complexity index is 1110. The molecule has 36 heavy (non-hydrogen) atoms. The van der Waals surface area contributed by atoms with E-state index in [1.807, 2.05) is 12.3 Å². The van der Waals surface area contributed by atoms with Crippen LogP contribution in [0.5, 0.6) is 0 Å². The van der Waals surface area contributed by atoms with E-state index in [4.69, 9.17) is 0 Å². The van der Waals surface area contributed by atoms with Crippen molar-refractivity contribution in [2.45, 2.75) is 55.9 Å². The van der Waals surface area contributed by atoms with Gasteiger partial charge < -0.3 is 10.4 Å².